The fourth-order valence-corrected chi connectivity index (χ4v) is 4.88. The molecule has 31 heavy (non-hydrogen) atoms. The third kappa shape index (κ3) is 3.89. The molecule has 1 aromatic rings. The van der Waals surface area contributed by atoms with Gasteiger partial charge >= 0.3 is 5.97 Å². The van der Waals surface area contributed by atoms with Gasteiger partial charge in [0.1, 0.15) is 17.1 Å². The third-order valence-electron chi connectivity index (χ3n) is 6.52. The summed E-state index contributed by atoms with van der Waals surface area (Å²) >= 11 is 0. The average Bonchev–Trinajstić information content (AvgIpc) is 3.00. The van der Waals surface area contributed by atoms with E-state index >= 15 is 0 Å². The number of fused-ring (bicyclic) bond motifs is 1. The Morgan fingerprint density at radius 2 is 2.26 bits per heavy atom. The summed E-state index contributed by atoms with van der Waals surface area (Å²) < 4.78 is 14.5. The molecule has 4 rings (SSSR count). The molecule has 8 nitrogen and oxygen atoms in total. The van der Waals surface area contributed by atoms with Gasteiger partial charge in [0.15, 0.2) is 0 Å². The normalized spacial score (nSPS) is 28.6. The predicted octanol–water partition coefficient (Wildman–Crippen LogP) is 2.24. The van der Waals surface area contributed by atoms with Gasteiger partial charge in [-0.2, -0.15) is 0 Å². The summed E-state index contributed by atoms with van der Waals surface area (Å²) in [7, 11) is 0. The van der Waals surface area contributed by atoms with Crippen molar-refractivity contribution >= 4 is 17.6 Å². The van der Waals surface area contributed by atoms with Crippen molar-refractivity contribution in [3.8, 4) is 0 Å². The first-order valence-corrected chi connectivity index (χ1v) is 10.7. The number of carboxylic acids is 1. The number of rotatable bonds is 6. The maximum absolute atomic E-state index is 14.5. The molecule has 1 amide bonds. The Balaban J connectivity index is 1.52. The SMILES string of the molecule is CCNC1=C2NC(=O)C(C)(N3CCC[C@H](Nc4ccc(C(=O)O)nc4)C3)C2CC(F)=C1. The van der Waals surface area contributed by atoms with Crippen LogP contribution in [0.4, 0.5) is 10.1 Å². The number of halogens is 1. The van der Waals surface area contributed by atoms with Gasteiger partial charge in [0.25, 0.3) is 0 Å². The summed E-state index contributed by atoms with van der Waals surface area (Å²) in [5.41, 5.74) is 1.32. The molecule has 4 N–H and O–H groups in total. The van der Waals surface area contributed by atoms with E-state index in [2.05, 4.69) is 25.8 Å². The Kier molecular flexibility index (Phi) is 5.70. The first kappa shape index (κ1) is 21.3. The van der Waals surface area contributed by atoms with Crippen LogP contribution in [0.15, 0.2) is 41.6 Å². The minimum atomic E-state index is -1.06. The average molecular weight is 429 g/mol. The minimum Gasteiger partial charge on any atom is -0.477 e. The Labute approximate surface area is 180 Å². The van der Waals surface area contributed by atoms with Crippen LogP contribution in [0.25, 0.3) is 0 Å². The van der Waals surface area contributed by atoms with Crippen LogP contribution in [0, 0.1) is 5.92 Å². The number of allylic oxidation sites excluding steroid dienone is 2. The second-order valence-electron chi connectivity index (χ2n) is 8.47. The van der Waals surface area contributed by atoms with Crippen molar-refractivity contribution in [3.63, 3.8) is 0 Å². The van der Waals surface area contributed by atoms with Gasteiger partial charge in [-0.1, -0.05) is 0 Å². The van der Waals surface area contributed by atoms with Crippen LogP contribution < -0.4 is 16.0 Å². The number of carbonyl (C=O) groups excluding carboxylic acids is 1. The van der Waals surface area contributed by atoms with Crippen molar-refractivity contribution < 1.29 is 19.1 Å². The lowest BCUT2D eigenvalue weighted by Gasteiger charge is -2.45. The highest BCUT2D eigenvalue weighted by Gasteiger charge is 2.55. The molecule has 0 radical (unpaired) electrons. The van der Waals surface area contributed by atoms with E-state index in [4.69, 9.17) is 5.11 Å². The maximum Gasteiger partial charge on any atom is 0.354 e. The molecule has 9 heteroatoms. The van der Waals surface area contributed by atoms with E-state index in [0.29, 0.717) is 18.8 Å². The standard InChI is InChI=1S/C22H28FN5O3/c1-3-24-18-10-13(23)9-16-19(18)27-21(31)22(16,2)28-8-4-5-15(12-28)26-14-6-7-17(20(29)30)25-11-14/h6-7,10-11,15-16,24,26H,3-5,8-9,12H2,1-2H3,(H,27,31)(H,29,30)/t15-,16?,22?/m0/s1. The maximum atomic E-state index is 14.5. The zero-order valence-electron chi connectivity index (χ0n) is 17.7. The number of carbonyl (C=O) groups is 2. The second-order valence-corrected chi connectivity index (χ2v) is 8.47. The summed E-state index contributed by atoms with van der Waals surface area (Å²) in [5.74, 6) is -1.65. The zero-order chi connectivity index (χ0) is 22.2. The zero-order valence-corrected chi connectivity index (χ0v) is 17.7. The Bertz CT molecular complexity index is 945. The highest BCUT2D eigenvalue weighted by atomic mass is 19.1. The van der Waals surface area contributed by atoms with Crippen LogP contribution in [-0.4, -0.2) is 58.1 Å². The first-order chi connectivity index (χ1) is 14.8. The molecule has 1 aromatic heterocycles. The molecule has 3 aliphatic rings. The van der Waals surface area contributed by atoms with Gasteiger partial charge in [-0.15, -0.1) is 0 Å². The molecular formula is C22H28FN5O3. The smallest absolute Gasteiger partial charge is 0.354 e. The molecule has 0 bridgehead atoms. The van der Waals surface area contributed by atoms with Crippen LogP contribution in [0.1, 0.15) is 43.6 Å². The number of aromatic carboxylic acids is 1. The Hall–Kier alpha value is -2.94. The summed E-state index contributed by atoms with van der Waals surface area (Å²) in [4.78, 5) is 30.2. The first-order valence-electron chi connectivity index (χ1n) is 10.7. The molecule has 2 fully saturated rings. The van der Waals surface area contributed by atoms with Crippen molar-refractivity contribution in [2.75, 3.05) is 25.0 Å². The van der Waals surface area contributed by atoms with Gasteiger partial charge in [-0.25, -0.2) is 14.2 Å². The third-order valence-corrected chi connectivity index (χ3v) is 6.52. The lowest BCUT2D eigenvalue weighted by molar-refractivity contribution is -0.131. The van der Waals surface area contributed by atoms with Crippen LogP contribution in [0.3, 0.4) is 0 Å². The van der Waals surface area contributed by atoms with Crippen molar-refractivity contribution in [1.29, 1.82) is 0 Å². The predicted molar refractivity (Wildman–Crippen MR) is 114 cm³/mol. The van der Waals surface area contributed by atoms with E-state index in [1.54, 1.807) is 6.07 Å². The van der Waals surface area contributed by atoms with Gasteiger partial charge in [0.05, 0.1) is 17.6 Å². The number of hydrogen-bond acceptors (Lipinski definition) is 6. The van der Waals surface area contributed by atoms with Crippen molar-refractivity contribution in [3.05, 3.63) is 47.3 Å². The van der Waals surface area contributed by atoms with E-state index < -0.39 is 11.5 Å². The summed E-state index contributed by atoms with van der Waals surface area (Å²) in [6.45, 7) is 5.87. The monoisotopic (exact) mass is 429 g/mol. The molecule has 3 atom stereocenters. The molecule has 2 aliphatic heterocycles. The highest BCUT2D eigenvalue weighted by Crippen LogP contribution is 2.44. The van der Waals surface area contributed by atoms with Crippen molar-refractivity contribution in [2.45, 2.75) is 44.7 Å². The number of aromatic nitrogens is 1. The van der Waals surface area contributed by atoms with Gasteiger partial charge in [-0.3, -0.25) is 9.69 Å². The van der Waals surface area contributed by atoms with Gasteiger partial charge in [0, 0.05) is 37.2 Å². The lowest BCUT2D eigenvalue weighted by atomic mass is 9.78. The number of nitrogens with one attached hydrogen (secondary N) is 3. The van der Waals surface area contributed by atoms with E-state index in [0.717, 1.165) is 30.8 Å². The number of pyridine rings is 1. The molecule has 1 aliphatic carbocycles. The summed E-state index contributed by atoms with van der Waals surface area (Å²) in [5, 5.41) is 18.6. The largest absolute Gasteiger partial charge is 0.477 e. The summed E-state index contributed by atoms with van der Waals surface area (Å²) in [6, 6.07) is 3.23. The minimum absolute atomic E-state index is 0.00542. The van der Waals surface area contributed by atoms with Crippen LogP contribution in [0.5, 0.6) is 0 Å². The fraction of sp³-hybridized carbons (Fsp3) is 0.500. The number of piperidine rings is 1. The molecule has 3 heterocycles. The van der Waals surface area contributed by atoms with Crippen LogP contribution >= 0.6 is 0 Å². The number of amides is 1. The number of carboxylic acid groups (broad SMARTS) is 1. The van der Waals surface area contributed by atoms with E-state index in [1.165, 1.54) is 18.3 Å². The lowest BCUT2D eigenvalue weighted by Crippen LogP contribution is -2.59. The molecule has 0 aromatic carbocycles. The van der Waals surface area contributed by atoms with Gasteiger partial charge < -0.3 is 21.1 Å². The quantitative estimate of drug-likeness (QED) is 0.549. The molecule has 166 valence electrons. The van der Waals surface area contributed by atoms with E-state index in [9.17, 15) is 14.0 Å². The van der Waals surface area contributed by atoms with Crippen LogP contribution in [-0.2, 0) is 4.79 Å². The van der Waals surface area contributed by atoms with E-state index in [1.807, 2.05) is 13.8 Å². The van der Waals surface area contributed by atoms with Crippen molar-refractivity contribution in [2.24, 2.45) is 5.92 Å². The van der Waals surface area contributed by atoms with Gasteiger partial charge in [0.2, 0.25) is 5.91 Å². The van der Waals surface area contributed by atoms with E-state index in [-0.39, 0.29) is 35.8 Å². The second kappa shape index (κ2) is 8.30. The summed E-state index contributed by atoms with van der Waals surface area (Å²) in [6.07, 6.45) is 5.01. The number of nitrogens with zero attached hydrogens (tertiary/aromatic N) is 2. The van der Waals surface area contributed by atoms with Gasteiger partial charge in [-0.05, 0) is 51.4 Å². The van der Waals surface area contributed by atoms with Crippen LogP contribution in [0.2, 0.25) is 0 Å². The molecule has 0 spiro atoms. The number of anilines is 1. The molecular weight excluding hydrogens is 401 g/mol. The highest BCUT2D eigenvalue weighted by molar-refractivity contribution is 5.92. The number of likely N-dealkylation sites (N-methyl/N-ethyl adjacent to an activating group) is 1. The van der Waals surface area contributed by atoms with Crippen molar-refractivity contribution in [1.82, 2.24) is 20.5 Å². The molecule has 0 saturated carbocycles. The number of likely N-dealkylation sites (tertiary alicyclic amines) is 1. The Morgan fingerprint density at radius 1 is 1.45 bits per heavy atom. The number of hydrogen-bond donors (Lipinski definition) is 4. The fourth-order valence-electron chi connectivity index (χ4n) is 4.88. The topological polar surface area (TPSA) is 107 Å². The molecule has 2 saturated heterocycles. The molecule has 2 unspecified atom stereocenters. The Morgan fingerprint density at radius 3 is 2.94 bits per heavy atom.